The van der Waals surface area contributed by atoms with Gasteiger partial charge in [0.2, 0.25) is 0 Å². The number of amides is 1. The van der Waals surface area contributed by atoms with Crippen LogP contribution in [0.25, 0.3) is 0 Å². The Kier molecular flexibility index (Phi) is 2.32. The Morgan fingerprint density at radius 3 is 2.92 bits per heavy atom. The predicted molar refractivity (Wildman–Crippen MR) is 38.8 cm³/mol. The van der Waals surface area contributed by atoms with Gasteiger partial charge in [-0.2, -0.15) is 0 Å². The predicted octanol–water partition coefficient (Wildman–Crippen LogP) is -0.463. The summed E-state index contributed by atoms with van der Waals surface area (Å²) in [6.45, 7) is 1.54. The summed E-state index contributed by atoms with van der Waals surface area (Å²) in [6.07, 6.45) is 0. The quantitative estimate of drug-likeness (QED) is 0.542. The molecule has 0 spiro atoms. The van der Waals surface area contributed by atoms with Crippen molar-refractivity contribution in [3.63, 3.8) is 0 Å². The van der Waals surface area contributed by atoms with Gasteiger partial charge in [-0.25, -0.2) is 4.79 Å². The Balaban J connectivity index is 2.84. The SMILES string of the molecule is COC(=O)C1=C(C)OCC(=O)N1. The van der Waals surface area contributed by atoms with E-state index in [2.05, 4.69) is 10.1 Å². The molecule has 5 heteroatoms. The van der Waals surface area contributed by atoms with Crippen molar-refractivity contribution in [3.05, 3.63) is 11.5 Å². The lowest BCUT2D eigenvalue weighted by atomic mass is 10.3. The van der Waals surface area contributed by atoms with E-state index in [4.69, 9.17) is 4.74 Å². The molecule has 0 aromatic heterocycles. The lowest BCUT2D eigenvalue weighted by molar-refractivity contribution is -0.139. The van der Waals surface area contributed by atoms with Crippen molar-refractivity contribution >= 4 is 11.9 Å². The van der Waals surface area contributed by atoms with E-state index < -0.39 is 5.97 Å². The number of rotatable bonds is 1. The highest BCUT2D eigenvalue weighted by molar-refractivity contribution is 5.95. The van der Waals surface area contributed by atoms with Crippen LogP contribution in [-0.2, 0) is 19.1 Å². The maximum absolute atomic E-state index is 10.9. The molecule has 1 rings (SSSR count). The fourth-order valence-corrected chi connectivity index (χ4v) is 0.806. The van der Waals surface area contributed by atoms with Crippen LogP contribution in [-0.4, -0.2) is 25.6 Å². The number of carbonyl (C=O) groups is 2. The molecule has 1 N–H and O–H groups in total. The Morgan fingerprint density at radius 1 is 1.67 bits per heavy atom. The van der Waals surface area contributed by atoms with Gasteiger partial charge < -0.3 is 14.8 Å². The van der Waals surface area contributed by atoms with Gasteiger partial charge in [0.1, 0.15) is 5.76 Å². The van der Waals surface area contributed by atoms with E-state index in [-0.39, 0.29) is 18.2 Å². The van der Waals surface area contributed by atoms with Crippen molar-refractivity contribution < 1.29 is 19.1 Å². The van der Waals surface area contributed by atoms with Crippen molar-refractivity contribution in [2.24, 2.45) is 0 Å². The van der Waals surface area contributed by atoms with Gasteiger partial charge in [0.25, 0.3) is 5.91 Å². The van der Waals surface area contributed by atoms with Crippen molar-refractivity contribution in [3.8, 4) is 0 Å². The normalized spacial score (nSPS) is 16.7. The van der Waals surface area contributed by atoms with Gasteiger partial charge in [0, 0.05) is 0 Å². The molecule has 0 unspecified atom stereocenters. The Hall–Kier alpha value is -1.52. The second kappa shape index (κ2) is 3.25. The molecule has 0 radical (unpaired) electrons. The van der Waals surface area contributed by atoms with Crippen molar-refractivity contribution in [1.82, 2.24) is 5.32 Å². The summed E-state index contributed by atoms with van der Waals surface area (Å²) in [7, 11) is 1.24. The molecule has 0 aliphatic carbocycles. The number of allylic oxidation sites excluding steroid dienone is 1. The Labute approximate surface area is 69.3 Å². The second-order valence-corrected chi connectivity index (χ2v) is 2.26. The summed E-state index contributed by atoms with van der Waals surface area (Å²) in [5, 5.41) is 2.36. The first-order valence-electron chi connectivity index (χ1n) is 3.37. The lowest BCUT2D eigenvalue weighted by Gasteiger charge is -2.17. The summed E-state index contributed by atoms with van der Waals surface area (Å²) in [5.41, 5.74) is 0.0775. The van der Waals surface area contributed by atoms with Crippen LogP contribution in [0.4, 0.5) is 0 Å². The van der Waals surface area contributed by atoms with Gasteiger partial charge in [0.05, 0.1) is 7.11 Å². The maximum Gasteiger partial charge on any atom is 0.358 e. The molecule has 1 aliphatic rings. The van der Waals surface area contributed by atoms with Crippen LogP contribution in [0.1, 0.15) is 6.92 Å². The summed E-state index contributed by atoms with van der Waals surface area (Å²) in [5.74, 6) is -0.567. The average Bonchev–Trinajstić information content (AvgIpc) is 2.08. The van der Waals surface area contributed by atoms with Gasteiger partial charge in [-0.15, -0.1) is 0 Å². The molecule has 0 bridgehead atoms. The molecule has 1 amide bonds. The van der Waals surface area contributed by atoms with Gasteiger partial charge in [-0.1, -0.05) is 0 Å². The maximum atomic E-state index is 10.9. The minimum absolute atomic E-state index is 0.0493. The van der Waals surface area contributed by atoms with Crippen molar-refractivity contribution in [2.45, 2.75) is 6.92 Å². The molecule has 5 nitrogen and oxygen atoms in total. The molecule has 12 heavy (non-hydrogen) atoms. The summed E-state index contributed by atoms with van der Waals surface area (Å²) in [6, 6.07) is 0. The van der Waals surface area contributed by atoms with Crippen LogP contribution in [0.15, 0.2) is 11.5 Å². The molecule has 0 saturated carbocycles. The Morgan fingerprint density at radius 2 is 2.33 bits per heavy atom. The number of nitrogens with one attached hydrogen (secondary N) is 1. The summed E-state index contributed by atoms with van der Waals surface area (Å²) < 4.78 is 9.31. The van der Waals surface area contributed by atoms with Crippen LogP contribution in [0, 0.1) is 0 Å². The van der Waals surface area contributed by atoms with E-state index in [9.17, 15) is 9.59 Å². The van der Waals surface area contributed by atoms with Crippen molar-refractivity contribution in [1.29, 1.82) is 0 Å². The van der Waals surface area contributed by atoms with Crippen LogP contribution in [0.2, 0.25) is 0 Å². The first kappa shape index (κ1) is 8.58. The third kappa shape index (κ3) is 1.55. The standard InChI is InChI=1S/C7H9NO4/c1-4-6(7(10)11-2)8-5(9)3-12-4/h3H2,1-2H3,(H,8,9). The van der Waals surface area contributed by atoms with E-state index in [0.717, 1.165) is 0 Å². The number of methoxy groups -OCH3 is 1. The molecule has 1 heterocycles. The highest BCUT2D eigenvalue weighted by Crippen LogP contribution is 2.08. The molecule has 0 aromatic carbocycles. The van der Waals surface area contributed by atoms with E-state index in [1.807, 2.05) is 0 Å². The molecule has 0 saturated heterocycles. The summed E-state index contributed by atoms with van der Waals surface area (Å²) >= 11 is 0. The number of hydrogen-bond donors (Lipinski definition) is 1. The minimum atomic E-state index is -0.597. The molecular weight excluding hydrogens is 162 g/mol. The number of carbonyl (C=O) groups excluding carboxylic acids is 2. The van der Waals surface area contributed by atoms with E-state index in [1.54, 1.807) is 6.92 Å². The van der Waals surface area contributed by atoms with E-state index in [0.29, 0.717) is 5.76 Å². The number of esters is 1. The van der Waals surface area contributed by atoms with Crippen LogP contribution >= 0.6 is 0 Å². The fraction of sp³-hybridized carbons (Fsp3) is 0.429. The van der Waals surface area contributed by atoms with Crippen LogP contribution in [0.5, 0.6) is 0 Å². The zero-order valence-corrected chi connectivity index (χ0v) is 6.84. The highest BCUT2D eigenvalue weighted by Gasteiger charge is 2.22. The third-order valence-corrected chi connectivity index (χ3v) is 1.43. The number of hydrogen-bond acceptors (Lipinski definition) is 4. The zero-order valence-electron chi connectivity index (χ0n) is 6.84. The van der Waals surface area contributed by atoms with E-state index in [1.165, 1.54) is 7.11 Å². The lowest BCUT2D eigenvalue weighted by Crippen LogP contribution is -2.36. The molecular formula is C7H9NO4. The van der Waals surface area contributed by atoms with Gasteiger partial charge in [-0.05, 0) is 6.92 Å². The smallest absolute Gasteiger partial charge is 0.358 e. The van der Waals surface area contributed by atoms with Crippen LogP contribution < -0.4 is 5.32 Å². The first-order chi connectivity index (χ1) is 5.65. The largest absolute Gasteiger partial charge is 0.486 e. The van der Waals surface area contributed by atoms with Crippen molar-refractivity contribution in [2.75, 3.05) is 13.7 Å². The average molecular weight is 171 g/mol. The molecule has 0 aromatic rings. The zero-order chi connectivity index (χ0) is 9.14. The third-order valence-electron chi connectivity index (χ3n) is 1.43. The second-order valence-electron chi connectivity index (χ2n) is 2.26. The monoisotopic (exact) mass is 171 g/mol. The Bertz CT molecular complexity index is 256. The van der Waals surface area contributed by atoms with E-state index >= 15 is 0 Å². The molecule has 0 fully saturated rings. The molecule has 1 aliphatic heterocycles. The van der Waals surface area contributed by atoms with Gasteiger partial charge in [0.15, 0.2) is 12.3 Å². The minimum Gasteiger partial charge on any atom is -0.486 e. The highest BCUT2D eigenvalue weighted by atomic mass is 16.5. The van der Waals surface area contributed by atoms with Crippen LogP contribution in [0.3, 0.4) is 0 Å². The van der Waals surface area contributed by atoms with Gasteiger partial charge in [-0.3, -0.25) is 4.79 Å². The molecule has 0 atom stereocenters. The number of ether oxygens (including phenoxy) is 2. The summed E-state index contributed by atoms with van der Waals surface area (Å²) in [4.78, 5) is 21.7. The fourth-order valence-electron chi connectivity index (χ4n) is 0.806. The van der Waals surface area contributed by atoms with Gasteiger partial charge >= 0.3 is 5.97 Å². The topological polar surface area (TPSA) is 64.6 Å². The molecule has 66 valence electrons. The first-order valence-corrected chi connectivity index (χ1v) is 3.37.